The number of nitrogens with zero attached hydrogens (tertiary/aromatic N) is 2. The van der Waals surface area contributed by atoms with E-state index in [0.29, 0.717) is 12.1 Å². The van der Waals surface area contributed by atoms with Crippen molar-refractivity contribution in [2.24, 2.45) is 0 Å². The second-order valence-corrected chi connectivity index (χ2v) is 5.24. The van der Waals surface area contributed by atoms with Crippen LogP contribution in [0.25, 0.3) is 0 Å². The van der Waals surface area contributed by atoms with E-state index in [9.17, 15) is 0 Å². The second kappa shape index (κ2) is 6.90. The average molecular weight is 251 g/mol. The maximum Gasteiger partial charge on any atom is 0.0589 e. The number of hydrogen-bond acceptors (Lipinski definition) is 3. The maximum absolute atomic E-state index is 5.76. The highest BCUT2D eigenvalue weighted by atomic mass is 16.5. The van der Waals surface area contributed by atoms with Gasteiger partial charge in [0.2, 0.25) is 0 Å². The summed E-state index contributed by atoms with van der Waals surface area (Å²) in [5.74, 6) is 0. The first-order valence-electron chi connectivity index (χ1n) is 7.12. The van der Waals surface area contributed by atoms with Gasteiger partial charge in [-0.3, -0.25) is 4.68 Å². The summed E-state index contributed by atoms with van der Waals surface area (Å²) >= 11 is 0. The van der Waals surface area contributed by atoms with Crippen molar-refractivity contribution in [1.82, 2.24) is 15.1 Å². The lowest BCUT2D eigenvalue weighted by molar-refractivity contribution is -0.00321. The summed E-state index contributed by atoms with van der Waals surface area (Å²) in [6, 6.07) is 0.618. The van der Waals surface area contributed by atoms with Gasteiger partial charge in [-0.15, -0.1) is 0 Å². The first-order valence-corrected chi connectivity index (χ1v) is 7.12. The van der Waals surface area contributed by atoms with Crippen LogP contribution in [-0.2, 0) is 11.3 Å². The molecule has 0 aromatic carbocycles. The predicted octanol–water partition coefficient (Wildman–Crippen LogP) is 2.13. The quantitative estimate of drug-likeness (QED) is 0.842. The molecule has 1 aliphatic heterocycles. The normalized spacial score (nSPS) is 24.3. The third kappa shape index (κ3) is 4.10. The molecule has 0 amide bonds. The van der Waals surface area contributed by atoms with Gasteiger partial charge in [-0.2, -0.15) is 5.10 Å². The van der Waals surface area contributed by atoms with Crippen molar-refractivity contribution in [3.05, 3.63) is 18.0 Å². The third-order valence-electron chi connectivity index (χ3n) is 3.51. The van der Waals surface area contributed by atoms with Gasteiger partial charge < -0.3 is 10.1 Å². The van der Waals surface area contributed by atoms with Crippen molar-refractivity contribution in [3.8, 4) is 0 Å². The fourth-order valence-electron chi connectivity index (χ4n) is 2.56. The summed E-state index contributed by atoms with van der Waals surface area (Å²) in [6.45, 7) is 7.14. The summed E-state index contributed by atoms with van der Waals surface area (Å²) in [5, 5.41) is 7.92. The smallest absolute Gasteiger partial charge is 0.0589 e. The lowest BCUT2D eigenvalue weighted by atomic mass is 10.0. The van der Waals surface area contributed by atoms with Gasteiger partial charge in [0.15, 0.2) is 0 Å². The van der Waals surface area contributed by atoms with Gasteiger partial charge in [-0.25, -0.2) is 0 Å². The van der Waals surface area contributed by atoms with Crippen molar-refractivity contribution in [2.75, 3.05) is 13.2 Å². The van der Waals surface area contributed by atoms with E-state index in [1.54, 1.807) is 0 Å². The van der Waals surface area contributed by atoms with Crippen molar-refractivity contribution in [1.29, 1.82) is 0 Å². The number of aromatic nitrogens is 2. The molecule has 0 radical (unpaired) electrons. The van der Waals surface area contributed by atoms with Crippen LogP contribution >= 0.6 is 0 Å². The highest BCUT2D eigenvalue weighted by Crippen LogP contribution is 2.17. The number of nitrogens with one attached hydrogen (secondary N) is 1. The molecular weight excluding hydrogens is 226 g/mol. The van der Waals surface area contributed by atoms with Gasteiger partial charge in [0.05, 0.1) is 18.8 Å². The van der Waals surface area contributed by atoms with E-state index < -0.39 is 0 Å². The van der Waals surface area contributed by atoms with Gasteiger partial charge in [0.1, 0.15) is 0 Å². The fourth-order valence-corrected chi connectivity index (χ4v) is 2.56. The molecule has 0 spiro atoms. The zero-order chi connectivity index (χ0) is 12.8. The molecule has 1 aromatic rings. The van der Waals surface area contributed by atoms with E-state index >= 15 is 0 Å². The molecule has 102 valence electrons. The van der Waals surface area contributed by atoms with E-state index in [1.165, 1.54) is 18.4 Å². The largest absolute Gasteiger partial charge is 0.378 e. The molecule has 1 aromatic heterocycles. The molecule has 2 unspecified atom stereocenters. The Balaban J connectivity index is 1.66. The Kier molecular flexibility index (Phi) is 5.20. The van der Waals surface area contributed by atoms with Gasteiger partial charge in [-0.1, -0.05) is 13.3 Å². The molecule has 0 saturated carbocycles. The first-order chi connectivity index (χ1) is 8.78. The van der Waals surface area contributed by atoms with Crippen molar-refractivity contribution >= 4 is 0 Å². The van der Waals surface area contributed by atoms with Gasteiger partial charge in [0.25, 0.3) is 0 Å². The highest BCUT2D eigenvalue weighted by molar-refractivity contribution is 4.99. The van der Waals surface area contributed by atoms with E-state index in [2.05, 4.69) is 30.5 Å². The van der Waals surface area contributed by atoms with Crippen molar-refractivity contribution in [2.45, 2.75) is 58.2 Å². The van der Waals surface area contributed by atoms with Crippen LogP contribution < -0.4 is 5.32 Å². The van der Waals surface area contributed by atoms with Crippen LogP contribution in [0.1, 0.15) is 38.2 Å². The van der Waals surface area contributed by atoms with Crippen LogP contribution in [0.3, 0.4) is 0 Å². The molecule has 0 bridgehead atoms. The van der Waals surface area contributed by atoms with Crippen LogP contribution in [0.4, 0.5) is 0 Å². The summed E-state index contributed by atoms with van der Waals surface area (Å²) in [6.07, 6.45) is 9.16. The zero-order valence-electron chi connectivity index (χ0n) is 11.6. The minimum absolute atomic E-state index is 0.466. The summed E-state index contributed by atoms with van der Waals surface area (Å²) < 4.78 is 7.76. The topological polar surface area (TPSA) is 39.1 Å². The Morgan fingerprint density at radius 3 is 3.17 bits per heavy atom. The molecule has 1 saturated heterocycles. The Morgan fingerprint density at radius 2 is 2.44 bits per heavy atom. The summed E-state index contributed by atoms with van der Waals surface area (Å²) in [5.41, 5.74) is 1.23. The van der Waals surface area contributed by atoms with Gasteiger partial charge in [-0.05, 0) is 31.7 Å². The minimum atomic E-state index is 0.466. The molecule has 2 heterocycles. The molecule has 18 heavy (non-hydrogen) atoms. The Morgan fingerprint density at radius 1 is 1.56 bits per heavy atom. The molecule has 0 aliphatic carbocycles. The van der Waals surface area contributed by atoms with Crippen LogP contribution in [-0.4, -0.2) is 35.1 Å². The maximum atomic E-state index is 5.76. The minimum Gasteiger partial charge on any atom is -0.378 e. The predicted molar refractivity (Wildman–Crippen MR) is 72.6 cm³/mol. The highest BCUT2D eigenvalue weighted by Gasteiger charge is 2.21. The summed E-state index contributed by atoms with van der Waals surface area (Å²) in [7, 11) is 0. The molecule has 2 atom stereocenters. The zero-order valence-corrected chi connectivity index (χ0v) is 11.6. The number of ether oxygens (including phenoxy) is 1. The average Bonchev–Trinajstić information content (AvgIpc) is 2.76. The lowest BCUT2D eigenvalue weighted by Crippen LogP contribution is -2.40. The van der Waals surface area contributed by atoms with E-state index in [-0.39, 0.29) is 0 Å². The van der Waals surface area contributed by atoms with Crippen molar-refractivity contribution in [3.63, 3.8) is 0 Å². The number of rotatable bonds is 6. The van der Waals surface area contributed by atoms with E-state index in [1.807, 2.05) is 10.9 Å². The molecule has 4 heteroatoms. The molecule has 1 fully saturated rings. The molecular formula is C14H25N3O. The SMILES string of the molecule is CCCC1CC(NCCn2cc(C)cn2)CCO1. The van der Waals surface area contributed by atoms with Crippen molar-refractivity contribution < 1.29 is 4.74 Å². The molecule has 4 nitrogen and oxygen atoms in total. The summed E-state index contributed by atoms with van der Waals surface area (Å²) in [4.78, 5) is 0. The fraction of sp³-hybridized carbons (Fsp3) is 0.786. The van der Waals surface area contributed by atoms with Crippen LogP contribution in [0.2, 0.25) is 0 Å². The Bertz CT molecular complexity index is 349. The molecule has 2 rings (SSSR count). The Labute approximate surface area is 110 Å². The van der Waals surface area contributed by atoms with Gasteiger partial charge >= 0.3 is 0 Å². The van der Waals surface area contributed by atoms with E-state index in [4.69, 9.17) is 4.74 Å². The molecule has 1 N–H and O–H groups in total. The monoisotopic (exact) mass is 251 g/mol. The van der Waals surface area contributed by atoms with Crippen LogP contribution in [0.15, 0.2) is 12.4 Å². The molecule has 1 aliphatic rings. The first kappa shape index (κ1) is 13.6. The standard InChI is InChI=1S/C14H25N3O/c1-3-4-14-9-13(5-8-18-14)15-6-7-17-11-12(2)10-16-17/h10-11,13-15H,3-9H2,1-2H3. The Hall–Kier alpha value is -0.870. The number of hydrogen-bond donors (Lipinski definition) is 1. The van der Waals surface area contributed by atoms with Crippen LogP contribution in [0.5, 0.6) is 0 Å². The lowest BCUT2D eigenvalue weighted by Gasteiger charge is -2.30. The van der Waals surface area contributed by atoms with Crippen LogP contribution in [0, 0.1) is 6.92 Å². The van der Waals surface area contributed by atoms with Gasteiger partial charge in [0, 0.05) is 25.4 Å². The third-order valence-corrected chi connectivity index (χ3v) is 3.51. The number of aryl methyl sites for hydroxylation is 1. The second-order valence-electron chi connectivity index (χ2n) is 5.24. The van der Waals surface area contributed by atoms with E-state index in [0.717, 1.165) is 32.5 Å².